The summed E-state index contributed by atoms with van der Waals surface area (Å²) in [5.74, 6) is -0.368. The molecule has 2 N–H and O–H groups in total. The molecule has 0 amide bonds. The Kier molecular flexibility index (Phi) is 2.97. The lowest BCUT2D eigenvalue weighted by Crippen LogP contribution is -2.19. The van der Waals surface area contributed by atoms with Crippen LogP contribution in [0.1, 0.15) is 48.4 Å². The van der Waals surface area contributed by atoms with E-state index in [-0.39, 0.29) is 16.8 Å². The van der Waals surface area contributed by atoms with Crippen LogP contribution in [0.4, 0.5) is 5.82 Å². The second-order valence-electron chi connectivity index (χ2n) is 5.21. The number of aromatic nitrogens is 1. The Hall–Kier alpha value is -1.36. The first-order chi connectivity index (χ1) is 8.27. The third kappa shape index (κ3) is 1.82. The van der Waals surface area contributed by atoms with Crippen LogP contribution in [0, 0.1) is 20.4 Å². The van der Waals surface area contributed by atoms with Crippen LogP contribution >= 0.6 is 22.6 Å². The summed E-state index contributed by atoms with van der Waals surface area (Å²) in [6, 6.07) is 2.09. The minimum Gasteiger partial charge on any atom is -0.453 e. The third-order valence-corrected chi connectivity index (χ3v) is 3.59. The Morgan fingerprint density at radius 3 is 2.61 bits per heavy atom. The summed E-state index contributed by atoms with van der Waals surface area (Å²) >= 11 is 1.94. The molecule has 0 radical (unpaired) electrons. The maximum absolute atomic E-state index is 11.9. The summed E-state index contributed by atoms with van der Waals surface area (Å²) < 4.78 is 5.86. The number of carbonyl (C=O) groups is 1. The van der Waals surface area contributed by atoms with E-state index in [9.17, 15) is 10.1 Å². The molecule has 1 atom stereocenters. The number of anilines is 1. The smallest absolute Gasteiger partial charge is 0.343 e. The van der Waals surface area contributed by atoms with Crippen LogP contribution in [0.25, 0.3) is 0 Å². The van der Waals surface area contributed by atoms with E-state index in [0.29, 0.717) is 14.8 Å². The summed E-state index contributed by atoms with van der Waals surface area (Å²) in [5.41, 5.74) is 6.66. The van der Waals surface area contributed by atoms with E-state index in [1.54, 1.807) is 0 Å². The van der Waals surface area contributed by atoms with Gasteiger partial charge in [-0.15, -0.1) is 0 Å². The number of esters is 1. The molecule has 1 aromatic rings. The van der Waals surface area contributed by atoms with Gasteiger partial charge < -0.3 is 10.5 Å². The van der Waals surface area contributed by atoms with Gasteiger partial charge >= 0.3 is 5.97 Å². The third-order valence-electron chi connectivity index (χ3n) is 2.81. The molecule has 94 valence electrons. The van der Waals surface area contributed by atoms with E-state index in [1.165, 1.54) is 0 Å². The summed E-state index contributed by atoms with van der Waals surface area (Å²) in [6.07, 6.45) is -0.464. The molecule has 1 aromatic heterocycles. The molecule has 0 spiro atoms. The number of nitrogen functional groups attached to an aromatic ring is 1. The predicted molar refractivity (Wildman–Crippen MR) is 73.7 cm³/mol. The van der Waals surface area contributed by atoms with Gasteiger partial charge in [0.15, 0.2) is 0 Å². The molecule has 18 heavy (non-hydrogen) atoms. The van der Waals surface area contributed by atoms with Gasteiger partial charge in [-0.1, -0.05) is 20.8 Å². The fourth-order valence-electron chi connectivity index (χ4n) is 2.01. The van der Waals surface area contributed by atoms with Gasteiger partial charge in [0.2, 0.25) is 0 Å². The van der Waals surface area contributed by atoms with Gasteiger partial charge in [-0.25, -0.2) is 9.78 Å². The second-order valence-corrected chi connectivity index (χ2v) is 6.24. The van der Waals surface area contributed by atoms with Gasteiger partial charge in [-0.05, 0) is 22.6 Å². The standard InChI is InChI=1S/C12H12IN3O2/c1-12(2,3)8-6-5(4-14)9(13)16-10(15)7(6)11(17)18-8/h8H,1-3H3,(H2,15,16). The van der Waals surface area contributed by atoms with Crippen molar-refractivity contribution in [1.82, 2.24) is 4.98 Å². The lowest BCUT2D eigenvalue weighted by atomic mass is 9.83. The van der Waals surface area contributed by atoms with Crippen LogP contribution in [0.2, 0.25) is 0 Å². The Balaban J connectivity index is 2.80. The zero-order valence-electron chi connectivity index (χ0n) is 10.2. The normalized spacial score (nSPS) is 18.2. The Labute approximate surface area is 118 Å². The first kappa shape index (κ1) is 13.1. The number of carbonyl (C=O) groups excluding carboxylic acids is 1. The highest BCUT2D eigenvalue weighted by atomic mass is 127. The number of hydrogen-bond donors (Lipinski definition) is 1. The van der Waals surface area contributed by atoms with Crippen LogP contribution in [0.15, 0.2) is 0 Å². The van der Waals surface area contributed by atoms with Crippen molar-refractivity contribution in [2.24, 2.45) is 5.41 Å². The number of pyridine rings is 1. The summed E-state index contributed by atoms with van der Waals surface area (Å²) in [4.78, 5) is 15.9. The SMILES string of the molecule is CC(C)(C)C1OC(=O)c2c(N)nc(I)c(C#N)c21. The van der Waals surface area contributed by atoms with Crippen molar-refractivity contribution >= 4 is 34.4 Å². The molecular weight excluding hydrogens is 345 g/mol. The first-order valence-corrected chi connectivity index (χ1v) is 6.45. The number of nitriles is 1. The monoisotopic (exact) mass is 357 g/mol. The first-order valence-electron chi connectivity index (χ1n) is 5.37. The number of halogens is 1. The van der Waals surface area contributed by atoms with Crippen LogP contribution in [0.3, 0.4) is 0 Å². The van der Waals surface area contributed by atoms with Crippen molar-refractivity contribution in [3.63, 3.8) is 0 Å². The average molecular weight is 357 g/mol. The van der Waals surface area contributed by atoms with Crippen molar-refractivity contribution in [3.8, 4) is 6.07 Å². The van der Waals surface area contributed by atoms with Gasteiger partial charge in [0.1, 0.15) is 27.3 Å². The fourth-order valence-corrected chi connectivity index (χ4v) is 2.68. The number of cyclic esters (lactones) is 1. The largest absolute Gasteiger partial charge is 0.453 e. The topological polar surface area (TPSA) is 89.0 Å². The zero-order chi connectivity index (χ0) is 13.7. The van der Waals surface area contributed by atoms with Crippen molar-refractivity contribution in [1.29, 1.82) is 5.26 Å². The predicted octanol–water partition coefficient (Wildman–Crippen LogP) is 2.40. The highest BCUT2D eigenvalue weighted by molar-refractivity contribution is 14.1. The molecule has 1 aliphatic rings. The van der Waals surface area contributed by atoms with Crippen molar-refractivity contribution in [2.75, 3.05) is 5.73 Å². The lowest BCUT2D eigenvalue weighted by molar-refractivity contribution is 0.00774. The number of nitrogens with zero attached hydrogens (tertiary/aromatic N) is 2. The van der Waals surface area contributed by atoms with E-state index in [1.807, 2.05) is 43.4 Å². The summed E-state index contributed by atoms with van der Waals surface area (Å²) in [7, 11) is 0. The molecule has 0 aliphatic carbocycles. The van der Waals surface area contributed by atoms with Gasteiger partial charge in [0.25, 0.3) is 0 Å². The number of nitrogens with two attached hydrogens (primary N) is 1. The quantitative estimate of drug-likeness (QED) is 0.438. The number of fused-ring (bicyclic) bond motifs is 1. The molecular formula is C12H12IN3O2. The second kappa shape index (κ2) is 4.09. The molecule has 2 rings (SSSR count). The van der Waals surface area contributed by atoms with E-state index in [4.69, 9.17) is 10.5 Å². The number of hydrogen-bond acceptors (Lipinski definition) is 5. The maximum atomic E-state index is 11.9. The van der Waals surface area contributed by atoms with Crippen LogP contribution in [0.5, 0.6) is 0 Å². The number of ether oxygens (including phenoxy) is 1. The van der Waals surface area contributed by atoms with Crippen molar-refractivity contribution in [2.45, 2.75) is 26.9 Å². The fraction of sp³-hybridized carbons (Fsp3) is 0.417. The van der Waals surface area contributed by atoms with Gasteiger partial charge in [0.05, 0.1) is 5.56 Å². The van der Waals surface area contributed by atoms with Gasteiger partial charge in [-0.3, -0.25) is 0 Å². The minimum absolute atomic E-state index is 0.130. The van der Waals surface area contributed by atoms with Crippen LogP contribution in [-0.4, -0.2) is 11.0 Å². The number of rotatable bonds is 0. The average Bonchev–Trinajstić information content (AvgIpc) is 2.56. The summed E-state index contributed by atoms with van der Waals surface area (Å²) in [6.45, 7) is 5.85. The molecule has 2 heterocycles. The minimum atomic E-state index is -0.497. The Morgan fingerprint density at radius 2 is 2.11 bits per heavy atom. The molecule has 0 fully saturated rings. The molecule has 0 aromatic carbocycles. The molecule has 0 saturated heterocycles. The molecule has 1 aliphatic heterocycles. The van der Waals surface area contributed by atoms with Crippen molar-refractivity contribution in [3.05, 3.63) is 20.4 Å². The van der Waals surface area contributed by atoms with Gasteiger partial charge in [0, 0.05) is 11.0 Å². The summed E-state index contributed by atoms with van der Waals surface area (Å²) in [5, 5.41) is 9.24. The van der Waals surface area contributed by atoms with Crippen molar-refractivity contribution < 1.29 is 9.53 Å². The lowest BCUT2D eigenvalue weighted by Gasteiger charge is -2.26. The Bertz CT molecular complexity index is 584. The van der Waals surface area contributed by atoms with Crippen LogP contribution < -0.4 is 5.73 Å². The molecule has 0 saturated carbocycles. The van der Waals surface area contributed by atoms with E-state index in [0.717, 1.165) is 0 Å². The highest BCUT2D eigenvalue weighted by Gasteiger charge is 2.43. The van der Waals surface area contributed by atoms with Crippen LogP contribution in [-0.2, 0) is 4.74 Å². The highest BCUT2D eigenvalue weighted by Crippen LogP contribution is 2.46. The van der Waals surface area contributed by atoms with E-state index >= 15 is 0 Å². The van der Waals surface area contributed by atoms with Gasteiger partial charge in [-0.2, -0.15) is 5.26 Å². The molecule has 0 bridgehead atoms. The Morgan fingerprint density at radius 1 is 1.50 bits per heavy atom. The maximum Gasteiger partial charge on any atom is 0.343 e. The molecule has 1 unspecified atom stereocenters. The van der Waals surface area contributed by atoms with E-state index in [2.05, 4.69) is 11.1 Å². The van der Waals surface area contributed by atoms with E-state index < -0.39 is 12.1 Å². The molecule has 6 heteroatoms. The molecule has 5 nitrogen and oxygen atoms in total. The zero-order valence-corrected chi connectivity index (χ0v) is 12.4.